The van der Waals surface area contributed by atoms with E-state index >= 15 is 0 Å². The van der Waals surface area contributed by atoms with Crippen molar-refractivity contribution in [1.82, 2.24) is 0 Å². The molecule has 0 spiro atoms. The molecule has 0 aromatic heterocycles. The Hall–Kier alpha value is -5.00. The Balaban J connectivity index is 1.86. The molecule has 3 aromatic rings. The average Bonchev–Trinajstić information content (AvgIpc) is 2.98. The Morgan fingerprint density at radius 3 is 0.837 bits per heavy atom. The summed E-state index contributed by atoms with van der Waals surface area (Å²) in [6, 6.07) is 15.4. The fourth-order valence-corrected chi connectivity index (χ4v) is 9.22. The number of benzene rings is 3. The van der Waals surface area contributed by atoms with Crippen molar-refractivity contribution >= 4 is 49.7 Å². The summed E-state index contributed by atoms with van der Waals surface area (Å²) in [5, 5.41) is 2.53. The Kier molecular flexibility index (Phi) is 14.5. The first-order valence-corrected chi connectivity index (χ1v) is 18.9. The second-order valence-corrected chi connectivity index (χ2v) is 16.0. The Bertz CT molecular complexity index is 1520. The minimum atomic E-state index is -1.39. The van der Waals surface area contributed by atoms with Gasteiger partial charge in [0.2, 0.25) is 0 Å². The van der Waals surface area contributed by atoms with Crippen LogP contribution in [0.25, 0.3) is 0 Å². The molecule has 0 radical (unpaired) electrons. The number of hydrogen-bond donors (Lipinski definition) is 0. The van der Waals surface area contributed by atoms with Crippen LogP contribution < -0.4 is 28.4 Å². The van der Waals surface area contributed by atoms with Gasteiger partial charge in [0.15, 0.2) is 0 Å². The van der Waals surface area contributed by atoms with E-state index < -0.39 is 49.7 Å². The molecule has 0 fully saturated rings. The zero-order chi connectivity index (χ0) is 36.1. The zero-order valence-electron chi connectivity index (χ0n) is 28.2. The SMILES string of the molecule is CC(=O)Oc1ccc(CC[Se+](CCc2ccc(OC(C)=O)c(OC(C)=O)c2)CCc2ccc(OC(C)=O)c(OC(C)=O)c2)cc1OC(C)=O. The van der Waals surface area contributed by atoms with Gasteiger partial charge in [-0.3, -0.25) is 0 Å². The summed E-state index contributed by atoms with van der Waals surface area (Å²) in [5.41, 5.74) is 2.69. The number of carbonyl (C=O) groups is 6. The number of esters is 6. The molecule has 0 unspecified atom stereocenters. The summed E-state index contributed by atoms with van der Waals surface area (Å²) in [5.74, 6) is -2.31. The van der Waals surface area contributed by atoms with Crippen LogP contribution >= 0.6 is 0 Å². The molecule has 0 amide bonds. The van der Waals surface area contributed by atoms with Crippen LogP contribution in [-0.2, 0) is 48.0 Å². The predicted molar refractivity (Wildman–Crippen MR) is 178 cm³/mol. The molecule has 0 N–H and O–H groups in total. The van der Waals surface area contributed by atoms with E-state index in [-0.39, 0.29) is 34.5 Å². The molecule has 0 atom stereocenters. The Morgan fingerprint density at radius 1 is 0.388 bits per heavy atom. The number of hydrogen-bond acceptors (Lipinski definition) is 12. The quantitative estimate of drug-likeness (QED) is 0.106. The monoisotopic (exact) mass is 743 g/mol. The van der Waals surface area contributed by atoms with Gasteiger partial charge in [-0.15, -0.1) is 0 Å². The number of carbonyl (C=O) groups excluding carboxylic acids is 6. The molecule has 0 saturated carbocycles. The standard InChI is InChI=1S/C36H39O12Se/c1-22(37)43-31-10-7-28(19-34(31)46-25(4)40)13-16-49(17-14-29-8-11-32(44-23(2)38)35(20-29)47-26(5)41)18-15-30-9-12-33(45-24(3)39)36(21-30)48-27(6)42/h7-12,19-21H,13-18H2,1-6H3/q+1. The van der Waals surface area contributed by atoms with E-state index in [0.29, 0.717) is 19.3 Å². The normalized spacial score (nSPS) is 10.6. The molecule has 0 heterocycles. The second-order valence-electron chi connectivity index (χ2n) is 10.9. The van der Waals surface area contributed by atoms with Gasteiger partial charge in [-0.25, -0.2) is 0 Å². The van der Waals surface area contributed by atoms with E-state index in [1.807, 2.05) is 18.2 Å². The maximum atomic E-state index is 11.7. The van der Waals surface area contributed by atoms with Crippen LogP contribution in [0.3, 0.4) is 0 Å². The first kappa shape index (κ1) is 38.4. The number of aryl methyl sites for hydroxylation is 3. The molecular weight excluding hydrogens is 703 g/mol. The van der Waals surface area contributed by atoms with E-state index in [9.17, 15) is 28.8 Å². The van der Waals surface area contributed by atoms with E-state index in [1.54, 1.807) is 36.4 Å². The van der Waals surface area contributed by atoms with Crippen molar-refractivity contribution in [2.24, 2.45) is 0 Å². The van der Waals surface area contributed by atoms with Crippen LogP contribution in [-0.4, -0.2) is 49.7 Å². The predicted octanol–water partition coefficient (Wildman–Crippen LogP) is 5.76. The van der Waals surface area contributed by atoms with E-state index in [1.165, 1.54) is 41.5 Å². The molecule has 260 valence electrons. The fourth-order valence-electron chi connectivity index (χ4n) is 4.64. The second kappa shape index (κ2) is 18.5. The molecule has 49 heavy (non-hydrogen) atoms. The van der Waals surface area contributed by atoms with Crippen LogP contribution in [0.2, 0.25) is 16.0 Å². The van der Waals surface area contributed by atoms with Crippen molar-refractivity contribution in [3.63, 3.8) is 0 Å². The first-order valence-electron chi connectivity index (χ1n) is 15.3. The first-order chi connectivity index (χ1) is 23.2. The third-order valence-electron chi connectivity index (χ3n) is 6.58. The van der Waals surface area contributed by atoms with Crippen LogP contribution in [0.5, 0.6) is 34.5 Å². The maximum absolute atomic E-state index is 11.7. The summed E-state index contributed by atoms with van der Waals surface area (Å²) in [6.45, 7) is 7.59. The molecule has 0 saturated heterocycles. The molecule has 12 nitrogen and oxygen atoms in total. The van der Waals surface area contributed by atoms with Crippen LogP contribution in [0.4, 0.5) is 0 Å². The summed E-state index contributed by atoms with van der Waals surface area (Å²) in [7, 11) is 0. The minimum absolute atomic E-state index is 0.153. The van der Waals surface area contributed by atoms with Crippen molar-refractivity contribution < 1.29 is 57.2 Å². The number of ether oxygens (including phenoxy) is 6. The topological polar surface area (TPSA) is 158 Å². The van der Waals surface area contributed by atoms with Gasteiger partial charge >= 0.3 is 289 Å². The van der Waals surface area contributed by atoms with Gasteiger partial charge in [-0.1, -0.05) is 0 Å². The third-order valence-corrected chi connectivity index (χ3v) is 11.5. The summed E-state index contributed by atoms with van der Waals surface area (Å²) < 4.78 is 31.5. The molecule has 0 bridgehead atoms. The Morgan fingerprint density at radius 2 is 0.612 bits per heavy atom. The molecule has 13 heteroatoms. The van der Waals surface area contributed by atoms with E-state index in [4.69, 9.17) is 28.4 Å². The molecule has 3 rings (SSSR count). The molecule has 0 aliphatic carbocycles. The average molecular weight is 743 g/mol. The van der Waals surface area contributed by atoms with Gasteiger partial charge in [0.05, 0.1) is 0 Å². The summed E-state index contributed by atoms with van der Waals surface area (Å²) >= 11 is -1.39. The van der Waals surface area contributed by atoms with Crippen molar-refractivity contribution in [1.29, 1.82) is 0 Å². The molecule has 0 aliphatic rings. The van der Waals surface area contributed by atoms with Gasteiger partial charge in [-0.2, -0.15) is 0 Å². The Labute approximate surface area is 288 Å². The van der Waals surface area contributed by atoms with Gasteiger partial charge < -0.3 is 0 Å². The fraction of sp³-hybridized carbons (Fsp3) is 0.333. The van der Waals surface area contributed by atoms with Gasteiger partial charge in [0.25, 0.3) is 0 Å². The van der Waals surface area contributed by atoms with Crippen LogP contribution in [0.1, 0.15) is 58.2 Å². The van der Waals surface area contributed by atoms with Crippen LogP contribution in [0.15, 0.2) is 54.6 Å². The van der Waals surface area contributed by atoms with E-state index in [2.05, 4.69) is 0 Å². The molecule has 0 aliphatic heterocycles. The van der Waals surface area contributed by atoms with Crippen molar-refractivity contribution in [2.45, 2.75) is 76.8 Å². The zero-order valence-corrected chi connectivity index (χ0v) is 30.0. The van der Waals surface area contributed by atoms with Crippen molar-refractivity contribution in [3.05, 3.63) is 71.3 Å². The van der Waals surface area contributed by atoms with Gasteiger partial charge in [0.1, 0.15) is 0 Å². The summed E-state index contributed by atoms with van der Waals surface area (Å²) in [6.07, 6.45) is 1.98. The third kappa shape index (κ3) is 13.6. The van der Waals surface area contributed by atoms with Gasteiger partial charge in [0, 0.05) is 0 Å². The number of rotatable bonds is 15. The molecular formula is C36H39O12Se+. The van der Waals surface area contributed by atoms with Crippen LogP contribution in [0, 0.1) is 0 Å². The summed E-state index contributed by atoms with van der Waals surface area (Å²) in [4.78, 5) is 69.8. The van der Waals surface area contributed by atoms with Crippen molar-refractivity contribution in [2.75, 3.05) is 0 Å². The molecule has 3 aromatic carbocycles. The van der Waals surface area contributed by atoms with Gasteiger partial charge in [-0.05, 0) is 0 Å². The van der Waals surface area contributed by atoms with Crippen molar-refractivity contribution in [3.8, 4) is 34.5 Å². The van der Waals surface area contributed by atoms with E-state index in [0.717, 1.165) is 32.6 Å².